The number of hydrogen-bond acceptors (Lipinski definition) is 2. The third-order valence-corrected chi connectivity index (χ3v) is 4.48. The minimum atomic E-state index is -0.412. The van der Waals surface area contributed by atoms with Crippen LogP contribution in [0.4, 0.5) is 0 Å². The van der Waals surface area contributed by atoms with Crippen LogP contribution in [0, 0.1) is 6.92 Å². The Kier molecular flexibility index (Phi) is 3.36. The summed E-state index contributed by atoms with van der Waals surface area (Å²) in [6.07, 6.45) is 0.255. The number of hydrogen-bond donors (Lipinski definition) is 1. The van der Waals surface area contributed by atoms with E-state index in [0.29, 0.717) is 6.42 Å². The smallest absolute Gasteiger partial charge is 0.0922 e. The lowest BCUT2D eigenvalue weighted by molar-refractivity contribution is 0.182. The molecule has 0 saturated heterocycles. The zero-order chi connectivity index (χ0) is 13.2. The predicted octanol–water partition coefficient (Wildman–Crippen LogP) is 4.49. The molecule has 0 aliphatic rings. The zero-order valence-electron chi connectivity index (χ0n) is 10.8. The normalized spacial score (nSPS) is 12.7. The van der Waals surface area contributed by atoms with Gasteiger partial charge >= 0.3 is 0 Å². The molecule has 1 aromatic heterocycles. The lowest BCUT2D eigenvalue weighted by atomic mass is 9.99. The van der Waals surface area contributed by atoms with Crippen LogP contribution < -0.4 is 0 Å². The summed E-state index contributed by atoms with van der Waals surface area (Å²) < 4.78 is 0. The summed E-state index contributed by atoms with van der Waals surface area (Å²) in [7, 11) is 0. The van der Waals surface area contributed by atoms with Gasteiger partial charge in [0, 0.05) is 16.2 Å². The Morgan fingerprint density at radius 3 is 2.58 bits per heavy atom. The van der Waals surface area contributed by atoms with Crippen LogP contribution in [-0.2, 0) is 6.42 Å². The predicted molar refractivity (Wildman–Crippen MR) is 81.7 cm³/mol. The number of aliphatic hydroxyl groups excluding tert-OH is 1. The van der Waals surface area contributed by atoms with Crippen molar-refractivity contribution < 1.29 is 5.11 Å². The maximum atomic E-state index is 10.4. The van der Waals surface area contributed by atoms with Crippen molar-refractivity contribution in [2.75, 3.05) is 0 Å². The molecular weight excluding hydrogens is 252 g/mol. The quantitative estimate of drug-likeness (QED) is 0.742. The van der Waals surface area contributed by atoms with Gasteiger partial charge in [0.2, 0.25) is 0 Å². The van der Waals surface area contributed by atoms with Gasteiger partial charge < -0.3 is 5.11 Å². The summed E-state index contributed by atoms with van der Waals surface area (Å²) in [6.45, 7) is 2.07. The van der Waals surface area contributed by atoms with Crippen molar-refractivity contribution in [3.63, 3.8) is 0 Å². The lowest BCUT2D eigenvalue weighted by Gasteiger charge is -2.11. The van der Waals surface area contributed by atoms with Gasteiger partial charge in [0.15, 0.2) is 0 Å². The Morgan fingerprint density at radius 2 is 1.79 bits per heavy atom. The molecule has 0 amide bonds. The number of thiophene rings is 1. The number of rotatable bonds is 3. The first-order valence-corrected chi connectivity index (χ1v) is 7.27. The topological polar surface area (TPSA) is 20.2 Å². The summed E-state index contributed by atoms with van der Waals surface area (Å²) in [5.41, 5.74) is 1.21. The Bertz CT molecular complexity index is 694. The van der Waals surface area contributed by atoms with Gasteiger partial charge in [-0.2, -0.15) is 0 Å². The largest absolute Gasteiger partial charge is 0.387 e. The standard InChI is InChI=1S/C17H16OS/c1-12-9-10-17(19-12)16(18)11-14-7-4-6-13-5-2-3-8-15(13)14/h2-10,16,18H,11H2,1H3. The summed E-state index contributed by atoms with van der Waals surface area (Å²) in [5, 5.41) is 12.8. The fourth-order valence-corrected chi connectivity index (χ4v) is 3.28. The van der Waals surface area contributed by atoms with E-state index >= 15 is 0 Å². The SMILES string of the molecule is Cc1ccc(C(O)Cc2cccc3ccccc23)s1. The Morgan fingerprint density at radius 1 is 1.00 bits per heavy atom. The summed E-state index contributed by atoms with van der Waals surface area (Å²) in [5.74, 6) is 0. The second-order valence-electron chi connectivity index (χ2n) is 4.81. The highest BCUT2D eigenvalue weighted by Crippen LogP contribution is 2.28. The van der Waals surface area contributed by atoms with Crippen LogP contribution in [0.1, 0.15) is 21.4 Å². The van der Waals surface area contributed by atoms with E-state index in [1.54, 1.807) is 11.3 Å². The average molecular weight is 268 g/mol. The van der Waals surface area contributed by atoms with Crippen LogP contribution in [0.5, 0.6) is 0 Å². The van der Waals surface area contributed by atoms with Crippen LogP contribution in [0.2, 0.25) is 0 Å². The first-order chi connectivity index (χ1) is 9.24. The summed E-state index contributed by atoms with van der Waals surface area (Å²) >= 11 is 1.67. The van der Waals surface area contributed by atoms with Crippen molar-refractivity contribution in [1.29, 1.82) is 0 Å². The molecule has 96 valence electrons. The highest BCUT2D eigenvalue weighted by Gasteiger charge is 2.12. The molecule has 1 heterocycles. The van der Waals surface area contributed by atoms with E-state index < -0.39 is 6.10 Å². The first-order valence-electron chi connectivity index (χ1n) is 6.45. The van der Waals surface area contributed by atoms with Crippen molar-refractivity contribution >= 4 is 22.1 Å². The maximum Gasteiger partial charge on any atom is 0.0922 e. The third kappa shape index (κ3) is 2.55. The number of aryl methyl sites for hydroxylation is 1. The maximum absolute atomic E-state index is 10.4. The van der Waals surface area contributed by atoms with Gasteiger partial charge in [-0.3, -0.25) is 0 Å². The van der Waals surface area contributed by atoms with Gasteiger partial charge in [0.1, 0.15) is 0 Å². The zero-order valence-corrected chi connectivity index (χ0v) is 11.7. The van der Waals surface area contributed by atoms with Crippen molar-refractivity contribution in [2.24, 2.45) is 0 Å². The van der Waals surface area contributed by atoms with E-state index in [2.05, 4.69) is 43.3 Å². The molecule has 2 aromatic carbocycles. The fraction of sp³-hybridized carbons (Fsp3) is 0.176. The molecule has 0 bridgehead atoms. The molecule has 3 rings (SSSR count). The molecule has 1 nitrogen and oxygen atoms in total. The van der Waals surface area contributed by atoms with Crippen LogP contribution in [-0.4, -0.2) is 5.11 Å². The third-order valence-electron chi connectivity index (χ3n) is 3.38. The van der Waals surface area contributed by atoms with Crippen LogP contribution in [0.25, 0.3) is 10.8 Å². The van der Waals surface area contributed by atoms with Gasteiger partial charge in [-0.1, -0.05) is 42.5 Å². The van der Waals surface area contributed by atoms with E-state index in [1.807, 2.05) is 18.2 Å². The highest BCUT2D eigenvalue weighted by atomic mass is 32.1. The minimum absolute atomic E-state index is 0.412. The molecular formula is C17H16OS. The minimum Gasteiger partial charge on any atom is -0.387 e. The molecule has 0 aliphatic carbocycles. The van der Waals surface area contributed by atoms with Gasteiger partial charge in [-0.25, -0.2) is 0 Å². The van der Waals surface area contributed by atoms with Crippen molar-refractivity contribution in [2.45, 2.75) is 19.4 Å². The fourth-order valence-electron chi connectivity index (χ4n) is 2.41. The molecule has 0 spiro atoms. The van der Waals surface area contributed by atoms with Crippen molar-refractivity contribution in [1.82, 2.24) is 0 Å². The molecule has 2 heteroatoms. The molecule has 19 heavy (non-hydrogen) atoms. The average Bonchev–Trinajstić information content (AvgIpc) is 2.86. The van der Waals surface area contributed by atoms with Gasteiger partial charge in [-0.15, -0.1) is 11.3 Å². The molecule has 0 saturated carbocycles. The second-order valence-corrected chi connectivity index (χ2v) is 6.13. The molecule has 0 aliphatic heterocycles. The Balaban J connectivity index is 1.93. The second kappa shape index (κ2) is 5.16. The Labute approximate surface area is 117 Å². The van der Waals surface area contributed by atoms with Gasteiger partial charge in [0.05, 0.1) is 6.10 Å². The molecule has 1 atom stereocenters. The highest BCUT2D eigenvalue weighted by molar-refractivity contribution is 7.12. The molecule has 1 unspecified atom stereocenters. The molecule has 0 radical (unpaired) electrons. The summed E-state index contributed by atoms with van der Waals surface area (Å²) in [6, 6.07) is 18.7. The van der Waals surface area contributed by atoms with E-state index in [9.17, 15) is 5.11 Å². The number of aliphatic hydroxyl groups is 1. The summed E-state index contributed by atoms with van der Waals surface area (Å²) in [4.78, 5) is 2.29. The Hall–Kier alpha value is -1.64. The van der Waals surface area contributed by atoms with Crippen LogP contribution >= 0.6 is 11.3 Å². The van der Waals surface area contributed by atoms with Crippen molar-refractivity contribution in [3.05, 3.63) is 69.9 Å². The number of fused-ring (bicyclic) bond motifs is 1. The van der Waals surface area contributed by atoms with E-state index in [0.717, 1.165) is 4.88 Å². The lowest BCUT2D eigenvalue weighted by Crippen LogP contribution is -2.00. The van der Waals surface area contributed by atoms with E-state index in [1.165, 1.54) is 21.2 Å². The van der Waals surface area contributed by atoms with Gasteiger partial charge in [-0.05, 0) is 35.4 Å². The first kappa shape index (κ1) is 12.4. The molecule has 0 fully saturated rings. The number of benzene rings is 2. The van der Waals surface area contributed by atoms with Crippen molar-refractivity contribution in [3.8, 4) is 0 Å². The van der Waals surface area contributed by atoms with Crippen LogP contribution in [0.15, 0.2) is 54.6 Å². The monoisotopic (exact) mass is 268 g/mol. The van der Waals surface area contributed by atoms with E-state index in [-0.39, 0.29) is 0 Å². The van der Waals surface area contributed by atoms with Crippen LogP contribution in [0.3, 0.4) is 0 Å². The van der Waals surface area contributed by atoms with Gasteiger partial charge in [0.25, 0.3) is 0 Å². The molecule has 1 N–H and O–H groups in total. The molecule has 3 aromatic rings. The van der Waals surface area contributed by atoms with E-state index in [4.69, 9.17) is 0 Å².